The number of carbonyl (C=O) groups is 2. The quantitative estimate of drug-likeness (QED) is 0.379. The van der Waals surface area contributed by atoms with Gasteiger partial charge in [-0.2, -0.15) is 0 Å². The Labute approximate surface area is 213 Å². The van der Waals surface area contributed by atoms with Gasteiger partial charge in [-0.3, -0.25) is 9.59 Å². The largest absolute Gasteiger partial charge is 0.355 e. The number of nitrogens with zero attached hydrogens (tertiary/aromatic N) is 3. The number of aromatic nitrogens is 3. The maximum Gasteiger partial charge on any atom is 0.251 e. The molecule has 1 atom stereocenters. The fraction of sp³-hybridized carbons (Fsp3) is 0.333. The molecule has 0 bridgehead atoms. The second-order valence-electron chi connectivity index (χ2n) is 8.10. The highest BCUT2D eigenvalue weighted by atomic mass is 35.5. The summed E-state index contributed by atoms with van der Waals surface area (Å²) < 4.78 is 1.81. The van der Waals surface area contributed by atoms with E-state index in [1.54, 1.807) is 12.1 Å². The molecule has 0 fully saturated rings. The fourth-order valence-corrected chi connectivity index (χ4v) is 4.33. The van der Waals surface area contributed by atoms with E-state index in [-0.39, 0.29) is 29.5 Å². The number of rotatable bonds is 10. The van der Waals surface area contributed by atoms with Crippen molar-refractivity contribution in [1.82, 2.24) is 25.4 Å². The van der Waals surface area contributed by atoms with Crippen molar-refractivity contribution in [3.63, 3.8) is 0 Å². The van der Waals surface area contributed by atoms with Crippen LogP contribution in [-0.4, -0.2) is 38.9 Å². The molecule has 2 N–H and O–H groups in total. The van der Waals surface area contributed by atoms with Gasteiger partial charge in [-0.15, -0.1) is 10.2 Å². The number of halogens is 2. The molecule has 7 nitrogen and oxygen atoms in total. The topological polar surface area (TPSA) is 88.9 Å². The van der Waals surface area contributed by atoms with Crippen molar-refractivity contribution in [2.24, 2.45) is 13.0 Å². The number of hydrogen-bond acceptors (Lipinski definition) is 5. The van der Waals surface area contributed by atoms with Crippen molar-refractivity contribution >= 4 is 46.8 Å². The van der Waals surface area contributed by atoms with Crippen molar-refractivity contribution in [3.8, 4) is 0 Å². The Bertz CT molecular complexity index is 1140. The number of thioether (sulfide) groups is 1. The molecule has 2 aromatic carbocycles. The first kappa shape index (κ1) is 26.1. The Kier molecular flexibility index (Phi) is 9.38. The molecule has 34 heavy (non-hydrogen) atoms. The van der Waals surface area contributed by atoms with E-state index in [4.69, 9.17) is 23.2 Å². The normalized spacial score (nSPS) is 11.9. The monoisotopic (exact) mass is 519 g/mol. The number of benzene rings is 2. The van der Waals surface area contributed by atoms with E-state index in [2.05, 4.69) is 20.8 Å². The van der Waals surface area contributed by atoms with E-state index in [1.807, 2.05) is 55.8 Å². The Balaban J connectivity index is 1.58. The smallest absolute Gasteiger partial charge is 0.251 e. The molecule has 0 aliphatic rings. The van der Waals surface area contributed by atoms with Crippen molar-refractivity contribution in [3.05, 3.63) is 75.5 Å². The lowest BCUT2D eigenvalue weighted by atomic mass is 10.0. The van der Waals surface area contributed by atoms with Gasteiger partial charge in [-0.1, -0.05) is 79.1 Å². The van der Waals surface area contributed by atoms with E-state index >= 15 is 0 Å². The molecule has 3 aromatic rings. The summed E-state index contributed by atoms with van der Waals surface area (Å²) in [5.74, 6) is 0.526. The first-order valence-electron chi connectivity index (χ1n) is 10.8. The van der Waals surface area contributed by atoms with Crippen LogP contribution in [0.3, 0.4) is 0 Å². The molecule has 0 unspecified atom stereocenters. The van der Waals surface area contributed by atoms with Gasteiger partial charge in [0.1, 0.15) is 0 Å². The molecule has 0 spiro atoms. The first-order valence-corrected chi connectivity index (χ1v) is 12.6. The average molecular weight is 520 g/mol. The molecule has 2 amide bonds. The minimum absolute atomic E-state index is 0.0498. The highest BCUT2D eigenvalue weighted by molar-refractivity contribution is 7.99. The fourth-order valence-electron chi connectivity index (χ4n) is 3.29. The maximum atomic E-state index is 12.8. The number of amides is 2. The molecule has 0 aliphatic carbocycles. The molecular weight excluding hydrogens is 493 g/mol. The van der Waals surface area contributed by atoms with Crippen LogP contribution in [0.4, 0.5) is 0 Å². The van der Waals surface area contributed by atoms with Crippen molar-refractivity contribution in [1.29, 1.82) is 0 Å². The lowest BCUT2D eigenvalue weighted by Gasteiger charge is -2.22. The second-order valence-corrected chi connectivity index (χ2v) is 9.85. The van der Waals surface area contributed by atoms with Crippen LogP contribution in [0.15, 0.2) is 53.7 Å². The van der Waals surface area contributed by atoms with Gasteiger partial charge in [0.2, 0.25) is 5.91 Å². The van der Waals surface area contributed by atoms with Crippen LogP contribution in [0, 0.1) is 5.92 Å². The highest BCUT2D eigenvalue weighted by Gasteiger charge is 2.25. The predicted octanol–water partition coefficient (Wildman–Crippen LogP) is 4.70. The zero-order valence-electron chi connectivity index (χ0n) is 19.2. The minimum Gasteiger partial charge on any atom is -0.355 e. The van der Waals surface area contributed by atoms with E-state index in [1.165, 1.54) is 23.4 Å². The third kappa shape index (κ3) is 6.98. The molecule has 0 radical (unpaired) electrons. The van der Waals surface area contributed by atoms with Gasteiger partial charge in [0.05, 0.1) is 21.8 Å². The maximum absolute atomic E-state index is 12.8. The summed E-state index contributed by atoms with van der Waals surface area (Å²) >= 11 is 13.3. The summed E-state index contributed by atoms with van der Waals surface area (Å²) in [7, 11) is 1.83. The van der Waals surface area contributed by atoms with Crippen LogP contribution in [0.5, 0.6) is 0 Å². The molecule has 1 aromatic heterocycles. The van der Waals surface area contributed by atoms with Gasteiger partial charge in [0.15, 0.2) is 11.0 Å². The van der Waals surface area contributed by atoms with Crippen LogP contribution < -0.4 is 10.6 Å². The predicted molar refractivity (Wildman–Crippen MR) is 136 cm³/mol. The van der Waals surface area contributed by atoms with Crippen LogP contribution >= 0.6 is 35.0 Å². The van der Waals surface area contributed by atoms with E-state index in [9.17, 15) is 9.59 Å². The third-order valence-electron chi connectivity index (χ3n) is 5.19. The van der Waals surface area contributed by atoms with E-state index in [0.29, 0.717) is 33.1 Å². The highest BCUT2D eigenvalue weighted by Crippen LogP contribution is 2.26. The zero-order valence-corrected chi connectivity index (χ0v) is 21.5. The summed E-state index contributed by atoms with van der Waals surface area (Å²) in [6.45, 7) is 4.55. The molecular formula is C24H27Cl2N5O2S. The Morgan fingerprint density at radius 1 is 1.06 bits per heavy atom. The molecule has 1 heterocycles. The Morgan fingerprint density at radius 3 is 2.47 bits per heavy atom. The number of hydrogen-bond donors (Lipinski definition) is 2. The molecule has 0 aliphatic heterocycles. The molecule has 3 rings (SSSR count). The Morgan fingerprint density at radius 2 is 1.79 bits per heavy atom. The van der Waals surface area contributed by atoms with Crippen molar-refractivity contribution in [2.45, 2.75) is 31.5 Å². The van der Waals surface area contributed by atoms with Gasteiger partial charge in [-0.25, -0.2) is 0 Å². The molecule has 10 heteroatoms. The summed E-state index contributed by atoms with van der Waals surface area (Å²) in [6, 6.07) is 14.4. The summed E-state index contributed by atoms with van der Waals surface area (Å²) in [6.07, 6.45) is 0.778. The van der Waals surface area contributed by atoms with Crippen LogP contribution in [0.2, 0.25) is 10.0 Å². The Hall–Kier alpha value is -2.55. The summed E-state index contributed by atoms with van der Waals surface area (Å²) in [5, 5.41) is 15.8. The third-order valence-corrected chi connectivity index (χ3v) is 6.95. The van der Waals surface area contributed by atoms with Crippen LogP contribution in [0.25, 0.3) is 0 Å². The SMILES string of the molecule is CC(C)[C@@H](NC(=O)c1ccc(Cl)c(Cl)c1)c1nnc(SCC(=O)NCCc2ccccc2)n1C. The summed E-state index contributed by atoms with van der Waals surface area (Å²) in [4.78, 5) is 25.1. The lowest BCUT2D eigenvalue weighted by molar-refractivity contribution is -0.118. The average Bonchev–Trinajstić information content (AvgIpc) is 3.18. The first-order chi connectivity index (χ1) is 16.3. The lowest BCUT2D eigenvalue weighted by Crippen LogP contribution is -2.33. The standard InChI is InChI=1S/C24H27Cl2N5O2S/c1-15(2)21(28-23(33)17-9-10-18(25)19(26)13-17)22-29-30-24(31(22)3)34-14-20(32)27-12-11-16-7-5-4-6-8-16/h4-10,13,15,21H,11-12,14H2,1-3H3,(H,27,32)(H,28,33)/t21-/m1/s1. The zero-order chi connectivity index (χ0) is 24.7. The molecule has 0 saturated carbocycles. The van der Waals surface area contributed by atoms with Gasteiger partial charge in [-0.05, 0) is 36.1 Å². The minimum atomic E-state index is -0.381. The number of carbonyl (C=O) groups excluding carboxylic acids is 2. The van der Waals surface area contributed by atoms with E-state index in [0.717, 1.165) is 6.42 Å². The van der Waals surface area contributed by atoms with Gasteiger partial charge < -0.3 is 15.2 Å². The van der Waals surface area contributed by atoms with Crippen LogP contribution in [0.1, 0.15) is 41.6 Å². The van der Waals surface area contributed by atoms with Gasteiger partial charge in [0, 0.05) is 19.2 Å². The molecule has 180 valence electrons. The van der Waals surface area contributed by atoms with Crippen molar-refractivity contribution < 1.29 is 9.59 Å². The summed E-state index contributed by atoms with van der Waals surface area (Å²) in [5.41, 5.74) is 1.58. The number of nitrogens with one attached hydrogen (secondary N) is 2. The van der Waals surface area contributed by atoms with Crippen LogP contribution in [-0.2, 0) is 18.3 Å². The van der Waals surface area contributed by atoms with Gasteiger partial charge in [0.25, 0.3) is 5.91 Å². The van der Waals surface area contributed by atoms with Crippen molar-refractivity contribution in [2.75, 3.05) is 12.3 Å². The second kappa shape index (κ2) is 12.2. The van der Waals surface area contributed by atoms with Gasteiger partial charge >= 0.3 is 0 Å². The van der Waals surface area contributed by atoms with E-state index < -0.39 is 0 Å². The molecule has 0 saturated heterocycles.